The van der Waals surface area contributed by atoms with Gasteiger partial charge in [-0.3, -0.25) is 0 Å². The molecule has 19 heavy (non-hydrogen) atoms. The average Bonchev–Trinajstić information content (AvgIpc) is 3.11. The lowest BCUT2D eigenvalue weighted by Gasteiger charge is -2.18. The largest absolute Gasteiger partial charge is 0.337 e. The van der Waals surface area contributed by atoms with Crippen molar-refractivity contribution < 1.29 is 8.91 Å². The van der Waals surface area contributed by atoms with Gasteiger partial charge in [-0.1, -0.05) is 21.1 Å². The minimum atomic E-state index is -0.606. The number of rotatable bonds is 3. The van der Waals surface area contributed by atoms with Gasteiger partial charge < -0.3 is 10.3 Å². The Hall–Kier alpha value is -1.27. The fourth-order valence-electron chi connectivity index (χ4n) is 2.08. The molecule has 0 saturated heterocycles. The first-order chi connectivity index (χ1) is 8.98. The first kappa shape index (κ1) is 12.7. The summed E-state index contributed by atoms with van der Waals surface area (Å²) < 4.78 is 19.2. The molecule has 1 atom stereocenters. The lowest BCUT2D eigenvalue weighted by atomic mass is 9.97. The van der Waals surface area contributed by atoms with Crippen molar-refractivity contribution in [2.24, 2.45) is 11.7 Å². The van der Waals surface area contributed by atoms with Crippen LogP contribution in [-0.4, -0.2) is 10.1 Å². The van der Waals surface area contributed by atoms with Crippen LogP contribution in [0.4, 0.5) is 4.39 Å². The highest BCUT2D eigenvalue weighted by atomic mass is 79.9. The van der Waals surface area contributed by atoms with Crippen molar-refractivity contribution >= 4 is 15.9 Å². The minimum absolute atomic E-state index is 0.345. The second-order valence-electron chi connectivity index (χ2n) is 5.10. The van der Waals surface area contributed by atoms with Crippen LogP contribution < -0.4 is 5.73 Å². The summed E-state index contributed by atoms with van der Waals surface area (Å²) in [4.78, 5) is 4.32. The van der Waals surface area contributed by atoms with Crippen LogP contribution in [0.2, 0.25) is 0 Å². The summed E-state index contributed by atoms with van der Waals surface area (Å²) in [7, 11) is 0. The van der Waals surface area contributed by atoms with Gasteiger partial charge in [-0.15, -0.1) is 0 Å². The molecule has 1 heterocycles. The number of hydrogen-bond donors (Lipinski definition) is 1. The molecule has 0 amide bonds. The molecular weight excluding hydrogens is 313 g/mol. The molecule has 100 valence electrons. The maximum absolute atomic E-state index is 13.3. The number of nitrogens with zero attached hydrogens (tertiary/aromatic N) is 2. The topological polar surface area (TPSA) is 64.9 Å². The van der Waals surface area contributed by atoms with Crippen LogP contribution in [-0.2, 0) is 5.54 Å². The summed E-state index contributed by atoms with van der Waals surface area (Å²) in [6.45, 7) is 1.89. The summed E-state index contributed by atoms with van der Waals surface area (Å²) in [6.07, 6.45) is 2.16. The van der Waals surface area contributed by atoms with Crippen LogP contribution >= 0.6 is 15.9 Å². The quantitative estimate of drug-likeness (QED) is 0.940. The molecule has 0 bridgehead atoms. The second-order valence-corrected chi connectivity index (χ2v) is 5.96. The Morgan fingerprint density at radius 2 is 2.21 bits per heavy atom. The van der Waals surface area contributed by atoms with Crippen LogP contribution in [0.1, 0.15) is 25.7 Å². The highest BCUT2D eigenvalue weighted by Gasteiger charge is 2.43. The summed E-state index contributed by atoms with van der Waals surface area (Å²) >= 11 is 3.35. The zero-order valence-corrected chi connectivity index (χ0v) is 11.9. The van der Waals surface area contributed by atoms with E-state index in [0.29, 0.717) is 27.7 Å². The third-order valence-electron chi connectivity index (χ3n) is 3.48. The molecule has 0 radical (unpaired) electrons. The Balaban J connectivity index is 1.99. The molecule has 3 rings (SSSR count). The summed E-state index contributed by atoms with van der Waals surface area (Å²) in [6, 6.07) is 4.35. The van der Waals surface area contributed by atoms with E-state index >= 15 is 0 Å². The van der Waals surface area contributed by atoms with E-state index in [1.54, 1.807) is 6.07 Å². The Morgan fingerprint density at radius 3 is 2.89 bits per heavy atom. The van der Waals surface area contributed by atoms with Crippen molar-refractivity contribution in [3.05, 3.63) is 34.4 Å². The van der Waals surface area contributed by atoms with Gasteiger partial charge in [0, 0.05) is 10.0 Å². The van der Waals surface area contributed by atoms with E-state index in [4.69, 9.17) is 10.3 Å². The highest BCUT2D eigenvalue weighted by molar-refractivity contribution is 9.10. The molecule has 6 heteroatoms. The third kappa shape index (κ3) is 2.30. The van der Waals surface area contributed by atoms with Gasteiger partial charge in [-0.05, 0) is 43.9 Å². The Labute approximate surface area is 118 Å². The second kappa shape index (κ2) is 4.38. The smallest absolute Gasteiger partial charge is 0.247 e. The van der Waals surface area contributed by atoms with Gasteiger partial charge in [0.2, 0.25) is 11.7 Å². The fourth-order valence-corrected chi connectivity index (χ4v) is 2.50. The number of benzene rings is 1. The molecule has 4 nitrogen and oxygen atoms in total. The number of hydrogen-bond acceptors (Lipinski definition) is 4. The fraction of sp³-hybridized carbons (Fsp3) is 0.385. The number of nitrogens with two attached hydrogens (primary N) is 1. The molecule has 2 N–H and O–H groups in total. The van der Waals surface area contributed by atoms with Crippen molar-refractivity contribution in [1.29, 1.82) is 0 Å². The standard InChI is InChI=1S/C13H13BrFN3O/c1-13(16,7-2-3-7)12-17-11(18-19-12)9-6-8(15)4-5-10(9)14/h4-7H,2-3,16H2,1H3. The van der Waals surface area contributed by atoms with Gasteiger partial charge in [0.25, 0.3) is 0 Å². The van der Waals surface area contributed by atoms with Gasteiger partial charge in [0.1, 0.15) is 5.82 Å². The lowest BCUT2D eigenvalue weighted by Crippen LogP contribution is -2.35. The van der Waals surface area contributed by atoms with Crippen LogP contribution in [0.25, 0.3) is 11.4 Å². The predicted molar refractivity (Wildman–Crippen MR) is 71.7 cm³/mol. The molecule has 1 unspecified atom stereocenters. The Morgan fingerprint density at radius 1 is 1.47 bits per heavy atom. The van der Waals surface area contributed by atoms with E-state index in [1.165, 1.54) is 12.1 Å². The zero-order chi connectivity index (χ0) is 13.6. The van der Waals surface area contributed by atoms with E-state index < -0.39 is 5.54 Å². The van der Waals surface area contributed by atoms with E-state index in [-0.39, 0.29) is 5.82 Å². The summed E-state index contributed by atoms with van der Waals surface area (Å²) in [5.74, 6) is 0.791. The molecule has 1 aromatic heterocycles. The zero-order valence-electron chi connectivity index (χ0n) is 10.4. The monoisotopic (exact) mass is 325 g/mol. The van der Waals surface area contributed by atoms with E-state index in [9.17, 15) is 4.39 Å². The van der Waals surface area contributed by atoms with E-state index in [1.807, 2.05) is 6.92 Å². The SMILES string of the molecule is CC(N)(c1nc(-c2cc(F)ccc2Br)no1)C1CC1. The van der Waals surface area contributed by atoms with Crippen LogP contribution in [0.15, 0.2) is 27.2 Å². The van der Waals surface area contributed by atoms with Crippen LogP contribution in [0, 0.1) is 11.7 Å². The van der Waals surface area contributed by atoms with E-state index in [0.717, 1.165) is 12.8 Å². The summed E-state index contributed by atoms with van der Waals surface area (Å²) in [5.41, 5.74) is 6.17. The Bertz CT molecular complexity index is 622. The molecule has 0 aliphatic heterocycles. The van der Waals surface area contributed by atoms with E-state index in [2.05, 4.69) is 26.1 Å². The van der Waals surface area contributed by atoms with Gasteiger partial charge >= 0.3 is 0 Å². The Kier molecular flexibility index (Phi) is 2.94. The summed E-state index contributed by atoms with van der Waals surface area (Å²) in [5, 5.41) is 3.90. The van der Waals surface area contributed by atoms with Crippen LogP contribution in [0.5, 0.6) is 0 Å². The third-order valence-corrected chi connectivity index (χ3v) is 4.17. The molecular formula is C13H13BrFN3O. The van der Waals surface area contributed by atoms with Gasteiger partial charge in [0.05, 0.1) is 5.54 Å². The molecule has 1 saturated carbocycles. The number of halogens is 2. The molecule has 0 spiro atoms. The van der Waals surface area contributed by atoms with Crippen LogP contribution in [0.3, 0.4) is 0 Å². The van der Waals surface area contributed by atoms with Gasteiger partial charge in [-0.2, -0.15) is 4.98 Å². The molecule has 1 aliphatic rings. The van der Waals surface area contributed by atoms with Crippen molar-refractivity contribution in [3.8, 4) is 11.4 Å². The van der Waals surface area contributed by atoms with Gasteiger partial charge in [-0.25, -0.2) is 4.39 Å². The lowest BCUT2D eigenvalue weighted by molar-refractivity contribution is 0.273. The first-order valence-electron chi connectivity index (χ1n) is 6.07. The highest BCUT2D eigenvalue weighted by Crippen LogP contribution is 2.43. The number of aromatic nitrogens is 2. The van der Waals surface area contributed by atoms with Gasteiger partial charge in [0.15, 0.2) is 0 Å². The maximum Gasteiger partial charge on any atom is 0.247 e. The molecule has 2 aromatic rings. The average molecular weight is 326 g/mol. The molecule has 1 aliphatic carbocycles. The molecule has 1 fully saturated rings. The normalized spacial score (nSPS) is 18.3. The first-order valence-corrected chi connectivity index (χ1v) is 6.86. The molecule has 1 aromatic carbocycles. The predicted octanol–water partition coefficient (Wildman–Crippen LogP) is 3.22. The van der Waals surface area contributed by atoms with Crippen molar-refractivity contribution in [2.45, 2.75) is 25.3 Å². The van der Waals surface area contributed by atoms with Crippen molar-refractivity contribution in [3.63, 3.8) is 0 Å². The van der Waals surface area contributed by atoms with Crippen molar-refractivity contribution in [2.75, 3.05) is 0 Å². The maximum atomic E-state index is 13.3. The van der Waals surface area contributed by atoms with Crippen molar-refractivity contribution in [1.82, 2.24) is 10.1 Å². The minimum Gasteiger partial charge on any atom is -0.337 e.